The Labute approximate surface area is 138 Å². The Morgan fingerprint density at radius 1 is 1.00 bits per heavy atom. The quantitative estimate of drug-likeness (QED) is 0.843. The van der Waals surface area contributed by atoms with Crippen LogP contribution in [0.5, 0.6) is 0 Å². The molecule has 23 heavy (non-hydrogen) atoms. The van der Waals surface area contributed by atoms with E-state index in [1.165, 1.54) is 0 Å². The molecule has 2 saturated heterocycles. The molecule has 0 atom stereocenters. The van der Waals surface area contributed by atoms with Crippen molar-refractivity contribution in [2.75, 3.05) is 26.2 Å². The van der Waals surface area contributed by atoms with Crippen LogP contribution in [0.1, 0.15) is 31.2 Å². The Balaban J connectivity index is 1.56. The molecule has 2 fully saturated rings. The van der Waals surface area contributed by atoms with E-state index in [4.69, 9.17) is 0 Å². The summed E-state index contributed by atoms with van der Waals surface area (Å²) in [6.45, 7) is 2.65. The van der Waals surface area contributed by atoms with Crippen molar-refractivity contribution in [1.82, 2.24) is 9.21 Å². The number of hydrogen-bond donors (Lipinski definition) is 0. The van der Waals surface area contributed by atoms with Crippen LogP contribution in [-0.4, -0.2) is 49.7 Å². The van der Waals surface area contributed by atoms with Gasteiger partial charge in [-0.15, -0.1) is 0 Å². The molecule has 3 rings (SSSR count). The maximum atomic E-state index is 12.5. The largest absolute Gasteiger partial charge is 0.342 e. The summed E-state index contributed by atoms with van der Waals surface area (Å²) in [5, 5.41) is 0. The van der Waals surface area contributed by atoms with Crippen molar-refractivity contribution in [2.24, 2.45) is 5.92 Å². The van der Waals surface area contributed by atoms with Gasteiger partial charge in [-0.25, -0.2) is 12.7 Å². The van der Waals surface area contributed by atoms with Crippen LogP contribution < -0.4 is 0 Å². The maximum Gasteiger partial charge on any atom is 0.225 e. The third kappa shape index (κ3) is 3.93. The van der Waals surface area contributed by atoms with Crippen molar-refractivity contribution in [2.45, 2.75) is 31.4 Å². The molecule has 2 heterocycles. The first-order chi connectivity index (χ1) is 11.1. The van der Waals surface area contributed by atoms with Gasteiger partial charge in [-0.1, -0.05) is 30.3 Å². The predicted octanol–water partition coefficient (Wildman–Crippen LogP) is 1.85. The average Bonchev–Trinajstić information content (AvgIpc) is 3.09. The third-order valence-corrected chi connectivity index (χ3v) is 6.66. The molecule has 5 nitrogen and oxygen atoms in total. The van der Waals surface area contributed by atoms with Gasteiger partial charge < -0.3 is 4.90 Å². The highest BCUT2D eigenvalue weighted by molar-refractivity contribution is 7.88. The highest BCUT2D eigenvalue weighted by Crippen LogP contribution is 2.24. The highest BCUT2D eigenvalue weighted by atomic mass is 32.2. The number of carbonyl (C=O) groups excluding carboxylic acids is 1. The number of amides is 1. The molecule has 0 aliphatic carbocycles. The van der Waals surface area contributed by atoms with Gasteiger partial charge >= 0.3 is 0 Å². The standard InChI is InChI=1S/C17H24N2O3S/c20-17(18-10-4-5-11-18)16-8-12-19(13-9-16)23(21,22)14-15-6-2-1-3-7-15/h1-3,6-7,16H,4-5,8-14H2. The molecule has 126 valence electrons. The van der Waals surface area contributed by atoms with E-state index in [0.717, 1.165) is 31.5 Å². The SMILES string of the molecule is O=C(C1CCN(S(=O)(=O)Cc2ccccc2)CC1)N1CCCC1. The number of piperidine rings is 1. The molecule has 1 amide bonds. The lowest BCUT2D eigenvalue weighted by Gasteiger charge is -2.32. The molecule has 0 bridgehead atoms. The second-order valence-corrected chi connectivity index (χ2v) is 8.42. The van der Waals surface area contributed by atoms with Crippen LogP contribution >= 0.6 is 0 Å². The molecule has 0 saturated carbocycles. The van der Waals surface area contributed by atoms with Crippen molar-refractivity contribution in [1.29, 1.82) is 0 Å². The number of nitrogens with zero attached hydrogens (tertiary/aromatic N) is 2. The molecule has 0 radical (unpaired) electrons. The van der Waals surface area contributed by atoms with Crippen LogP contribution in [0.2, 0.25) is 0 Å². The van der Waals surface area contributed by atoms with Crippen LogP contribution in [0, 0.1) is 5.92 Å². The molecule has 2 aliphatic heterocycles. The number of carbonyl (C=O) groups is 1. The monoisotopic (exact) mass is 336 g/mol. The van der Waals surface area contributed by atoms with E-state index in [0.29, 0.717) is 25.9 Å². The molecule has 1 aromatic rings. The minimum absolute atomic E-state index is 0.00345. The Morgan fingerprint density at radius 2 is 1.61 bits per heavy atom. The molecule has 2 aliphatic rings. The van der Waals surface area contributed by atoms with Gasteiger partial charge in [-0.2, -0.15) is 0 Å². The third-order valence-electron chi connectivity index (χ3n) is 4.81. The zero-order valence-electron chi connectivity index (χ0n) is 13.4. The Hall–Kier alpha value is -1.40. The second kappa shape index (κ2) is 7.01. The molecule has 0 spiro atoms. The molecule has 0 unspecified atom stereocenters. The average molecular weight is 336 g/mol. The Bertz CT molecular complexity index is 631. The number of hydrogen-bond acceptors (Lipinski definition) is 3. The van der Waals surface area contributed by atoms with Crippen LogP contribution in [0.15, 0.2) is 30.3 Å². The predicted molar refractivity (Wildman–Crippen MR) is 89.2 cm³/mol. The molecule has 0 N–H and O–H groups in total. The van der Waals surface area contributed by atoms with Crippen LogP contribution in [0.3, 0.4) is 0 Å². The van der Waals surface area contributed by atoms with Gasteiger partial charge in [0.05, 0.1) is 5.75 Å². The number of rotatable bonds is 4. The molecular formula is C17H24N2O3S. The van der Waals surface area contributed by atoms with E-state index in [1.807, 2.05) is 35.2 Å². The molecule has 0 aromatic heterocycles. The minimum Gasteiger partial charge on any atom is -0.342 e. The van der Waals surface area contributed by atoms with E-state index in [1.54, 1.807) is 4.31 Å². The number of sulfonamides is 1. The lowest BCUT2D eigenvalue weighted by Crippen LogP contribution is -2.44. The minimum atomic E-state index is -3.30. The first-order valence-corrected chi connectivity index (χ1v) is 9.98. The van der Waals surface area contributed by atoms with Crippen LogP contribution in [-0.2, 0) is 20.6 Å². The molecular weight excluding hydrogens is 312 g/mol. The first kappa shape index (κ1) is 16.5. The second-order valence-electron chi connectivity index (χ2n) is 6.45. The number of benzene rings is 1. The van der Waals surface area contributed by atoms with E-state index in [9.17, 15) is 13.2 Å². The van der Waals surface area contributed by atoms with Gasteiger partial charge in [-0.3, -0.25) is 4.79 Å². The summed E-state index contributed by atoms with van der Waals surface area (Å²) in [5.74, 6) is 0.261. The van der Waals surface area contributed by atoms with Crippen LogP contribution in [0.25, 0.3) is 0 Å². The topological polar surface area (TPSA) is 57.7 Å². The fourth-order valence-corrected chi connectivity index (χ4v) is 5.02. The zero-order chi connectivity index (χ0) is 16.3. The van der Waals surface area contributed by atoms with Gasteiger partial charge in [0.15, 0.2) is 0 Å². The smallest absolute Gasteiger partial charge is 0.225 e. The van der Waals surface area contributed by atoms with Crippen molar-refractivity contribution < 1.29 is 13.2 Å². The zero-order valence-corrected chi connectivity index (χ0v) is 14.2. The van der Waals surface area contributed by atoms with Crippen molar-refractivity contribution in [3.8, 4) is 0 Å². The van der Waals surface area contributed by atoms with Gasteiger partial charge in [0, 0.05) is 32.1 Å². The van der Waals surface area contributed by atoms with E-state index in [-0.39, 0.29) is 17.6 Å². The number of likely N-dealkylation sites (tertiary alicyclic amines) is 1. The van der Waals surface area contributed by atoms with Gasteiger partial charge in [0.2, 0.25) is 15.9 Å². The van der Waals surface area contributed by atoms with Gasteiger partial charge in [0.25, 0.3) is 0 Å². The fourth-order valence-electron chi connectivity index (χ4n) is 3.45. The Morgan fingerprint density at radius 3 is 2.22 bits per heavy atom. The lowest BCUT2D eigenvalue weighted by atomic mass is 9.97. The summed E-state index contributed by atoms with van der Waals surface area (Å²) in [5.41, 5.74) is 0.808. The summed E-state index contributed by atoms with van der Waals surface area (Å²) >= 11 is 0. The van der Waals surface area contributed by atoms with E-state index >= 15 is 0 Å². The summed E-state index contributed by atoms with van der Waals surface area (Å²) in [6, 6.07) is 9.26. The Kier molecular flexibility index (Phi) is 5.02. The van der Waals surface area contributed by atoms with Crippen molar-refractivity contribution >= 4 is 15.9 Å². The van der Waals surface area contributed by atoms with E-state index < -0.39 is 10.0 Å². The van der Waals surface area contributed by atoms with Crippen molar-refractivity contribution in [3.63, 3.8) is 0 Å². The highest BCUT2D eigenvalue weighted by Gasteiger charge is 2.33. The van der Waals surface area contributed by atoms with Crippen LogP contribution in [0.4, 0.5) is 0 Å². The molecule has 6 heteroatoms. The normalized spacial score (nSPS) is 20.8. The maximum absolute atomic E-state index is 12.5. The lowest BCUT2D eigenvalue weighted by molar-refractivity contribution is -0.135. The summed E-state index contributed by atoms with van der Waals surface area (Å²) < 4.78 is 26.6. The van der Waals surface area contributed by atoms with Gasteiger partial charge in [-0.05, 0) is 31.2 Å². The van der Waals surface area contributed by atoms with E-state index in [2.05, 4.69) is 0 Å². The first-order valence-electron chi connectivity index (χ1n) is 8.37. The van der Waals surface area contributed by atoms with Crippen molar-refractivity contribution in [3.05, 3.63) is 35.9 Å². The summed E-state index contributed by atoms with van der Waals surface area (Å²) in [7, 11) is -3.30. The summed E-state index contributed by atoms with van der Waals surface area (Å²) in [4.78, 5) is 14.3. The molecule has 1 aromatic carbocycles. The summed E-state index contributed by atoms with van der Waals surface area (Å²) in [6.07, 6.45) is 3.47. The fraction of sp³-hybridized carbons (Fsp3) is 0.588. The van der Waals surface area contributed by atoms with Gasteiger partial charge in [0.1, 0.15) is 0 Å².